The molecular formula is C17H17ClN2O4S. The molecular weight excluding hydrogens is 364 g/mol. The summed E-state index contributed by atoms with van der Waals surface area (Å²) in [6.45, 7) is 1.04. The summed E-state index contributed by atoms with van der Waals surface area (Å²) in [5, 5.41) is 19.4. The summed E-state index contributed by atoms with van der Waals surface area (Å²) >= 11 is 6.11. The summed E-state index contributed by atoms with van der Waals surface area (Å²) in [7, 11) is -3.56. The SMILES string of the molecule is O=S(=O)(c1ccc(Cl)c(N=Cc2ccc(O)cc2O)c1)N1CCCC1. The molecule has 2 N–H and O–H groups in total. The van der Waals surface area contributed by atoms with Crippen molar-refractivity contribution in [3.8, 4) is 11.5 Å². The van der Waals surface area contributed by atoms with E-state index in [9.17, 15) is 18.6 Å². The number of halogens is 1. The number of rotatable bonds is 4. The predicted octanol–water partition coefficient (Wildman–Crippen LogP) is 3.29. The summed E-state index contributed by atoms with van der Waals surface area (Å²) < 4.78 is 26.7. The van der Waals surface area contributed by atoms with Crippen LogP contribution >= 0.6 is 11.6 Å². The van der Waals surface area contributed by atoms with Crippen molar-refractivity contribution in [2.75, 3.05) is 13.1 Å². The van der Waals surface area contributed by atoms with Crippen LogP contribution in [0.25, 0.3) is 0 Å². The second kappa shape index (κ2) is 7.03. The Hall–Kier alpha value is -2.09. The van der Waals surface area contributed by atoms with E-state index in [1.807, 2.05) is 0 Å². The monoisotopic (exact) mass is 380 g/mol. The summed E-state index contributed by atoms with van der Waals surface area (Å²) in [4.78, 5) is 4.33. The Morgan fingerprint density at radius 1 is 1.08 bits per heavy atom. The minimum atomic E-state index is -3.56. The van der Waals surface area contributed by atoms with Gasteiger partial charge in [0, 0.05) is 30.9 Å². The first-order valence-corrected chi connectivity index (χ1v) is 9.55. The molecule has 0 atom stereocenters. The van der Waals surface area contributed by atoms with Gasteiger partial charge < -0.3 is 10.2 Å². The quantitative estimate of drug-likeness (QED) is 0.796. The number of hydrogen-bond donors (Lipinski definition) is 2. The molecule has 2 aromatic carbocycles. The summed E-state index contributed by atoms with van der Waals surface area (Å²) in [5.74, 6) is -0.202. The van der Waals surface area contributed by atoms with Gasteiger partial charge in [-0.2, -0.15) is 4.31 Å². The molecule has 3 rings (SSSR count). The van der Waals surface area contributed by atoms with Crippen LogP contribution in [0, 0.1) is 0 Å². The molecule has 1 fully saturated rings. The van der Waals surface area contributed by atoms with Crippen LogP contribution in [0.1, 0.15) is 18.4 Å². The number of sulfonamides is 1. The van der Waals surface area contributed by atoms with Crippen LogP contribution < -0.4 is 0 Å². The van der Waals surface area contributed by atoms with Crippen molar-refractivity contribution < 1.29 is 18.6 Å². The van der Waals surface area contributed by atoms with E-state index in [0.29, 0.717) is 23.7 Å². The minimum Gasteiger partial charge on any atom is -0.508 e. The zero-order valence-corrected chi connectivity index (χ0v) is 14.8. The third-order valence-electron chi connectivity index (χ3n) is 3.98. The van der Waals surface area contributed by atoms with Crippen LogP contribution in [0.4, 0.5) is 5.69 Å². The number of benzene rings is 2. The molecule has 2 aromatic rings. The van der Waals surface area contributed by atoms with E-state index in [4.69, 9.17) is 11.6 Å². The molecule has 1 heterocycles. The van der Waals surface area contributed by atoms with E-state index in [1.54, 1.807) is 0 Å². The molecule has 0 spiro atoms. The predicted molar refractivity (Wildman–Crippen MR) is 96.5 cm³/mol. The van der Waals surface area contributed by atoms with E-state index in [0.717, 1.165) is 12.8 Å². The van der Waals surface area contributed by atoms with Gasteiger partial charge in [0.05, 0.1) is 15.6 Å². The largest absolute Gasteiger partial charge is 0.508 e. The standard InChI is InChI=1S/C17H17ClN2O4S/c18-15-6-5-14(25(23,24)20-7-1-2-8-20)10-16(15)19-11-12-3-4-13(21)9-17(12)22/h3-6,9-11,21-22H,1-2,7-8H2. The van der Waals surface area contributed by atoms with Crippen molar-refractivity contribution in [2.24, 2.45) is 4.99 Å². The Morgan fingerprint density at radius 3 is 2.48 bits per heavy atom. The van der Waals surface area contributed by atoms with Gasteiger partial charge >= 0.3 is 0 Å². The second-order valence-electron chi connectivity index (χ2n) is 5.73. The van der Waals surface area contributed by atoms with E-state index < -0.39 is 10.0 Å². The lowest BCUT2D eigenvalue weighted by atomic mass is 10.2. The Labute approximate surface area is 151 Å². The lowest BCUT2D eigenvalue weighted by Gasteiger charge is -2.15. The highest BCUT2D eigenvalue weighted by Gasteiger charge is 2.27. The van der Waals surface area contributed by atoms with Gasteiger partial charge in [-0.25, -0.2) is 8.42 Å². The van der Waals surface area contributed by atoms with Crippen molar-refractivity contribution in [1.82, 2.24) is 4.31 Å². The highest BCUT2D eigenvalue weighted by Crippen LogP contribution is 2.31. The Kier molecular flexibility index (Phi) is 4.99. The first kappa shape index (κ1) is 17.7. The fraction of sp³-hybridized carbons (Fsp3) is 0.235. The molecule has 0 aromatic heterocycles. The smallest absolute Gasteiger partial charge is 0.243 e. The fourth-order valence-corrected chi connectivity index (χ4v) is 4.31. The van der Waals surface area contributed by atoms with Gasteiger partial charge in [-0.15, -0.1) is 0 Å². The maximum absolute atomic E-state index is 12.6. The average molecular weight is 381 g/mol. The molecule has 8 heteroatoms. The summed E-state index contributed by atoms with van der Waals surface area (Å²) in [5.41, 5.74) is 0.663. The van der Waals surface area contributed by atoms with Gasteiger partial charge in [-0.1, -0.05) is 11.6 Å². The molecule has 0 amide bonds. The Morgan fingerprint density at radius 2 is 1.80 bits per heavy atom. The Bertz CT molecular complexity index is 922. The van der Waals surface area contributed by atoms with Gasteiger partial charge in [-0.05, 0) is 43.2 Å². The average Bonchev–Trinajstić information content (AvgIpc) is 3.10. The van der Waals surface area contributed by atoms with Crippen LogP contribution in [0.5, 0.6) is 11.5 Å². The number of hydrogen-bond acceptors (Lipinski definition) is 5. The highest BCUT2D eigenvalue weighted by atomic mass is 35.5. The van der Waals surface area contributed by atoms with Crippen molar-refractivity contribution in [3.63, 3.8) is 0 Å². The van der Waals surface area contributed by atoms with E-state index in [1.165, 1.54) is 46.9 Å². The molecule has 6 nitrogen and oxygen atoms in total. The van der Waals surface area contributed by atoms with E-state index in [-0.39, 0.29) is 22.1 Å². The number of phenols is 2. The van der Waals surface area contributed by atoms with Crippen LogP contribution in [0.2, 0.25) is 5.02 Å². The zero-order valence-electron chi connectivity index (χ0n) is 13.3. The van der Waals surface area contributed by atoms with Crippen molar-refractivity contribution in [3.05, 3.63) is 47.0 Å². The minimum absolute atomic E-state index is 0.0635. The zero-order chi connectivity index (χ0) is 18.0. The van der Waals surface area contributed by atoms with E-state index in [2.05, 4.69) is 4.99 Å². The van der Waals surface area contributed by atoms with Gasteiger partial charge in [0.1, 0.15) is 11.5 Å². The van der Waals surface area contributed by atoms with Crippen LogP contribution in [0.15, 0.2) is 46.3 Å². The topological polar surface area (TPSA) is 90.2 Å². The first-order chi connectivity index (χ1) is 11.9. The Balaban J connectivity index is 1.93. The maximum Gasteiger partial charge on any atom is 0.243 e. The van der Waals surface area contributed by atoms with Crippen LogP contribution in [-0.2, 0) is 10.0 Å². The van der Waals surface area contributed by atoms with Crippen molar-refractivity contribution in [1.29, 1.82) is 0 Å². The summed E-state index contributed by atoms with van der Waals surface area (Å²) in [6.07, 6.45) is 3.08. The van der Waals surface area contributed by atoms with Gasteiger partial charge in [0.2, 0.25) is 10.0 Å². The molecule has 1 aliphatic heterocycles. The molecule has 0 radical (unpaired) electrons. The third kappa shape index (κ3) is 3.78. The number of phenolic OH excluding ortho intramolecular Hbond substituents is 2. The van der Waals surface area contributed by atoms with Crippen LogP contribution in [-0.4, -0.2) is 42.2 Å². The van der Waals surface area contributed by atoms with E-state index >= 15 is 0 Å². The third-order valence-corrected chi connectivity index (χ3v) is 6.19. The number of aliphatic imine (C=N–C) groups is 1. The first-order valence-electron chi connectivity index (χ1n) is 7.74. The van der Waals surface area contributed by atoms with Gasteiger partial charge in [0.25, 0.3) is 0 Å². The normalized spacial score (nSPS) is 15.9. The molecule has 0 saturated carbocycles. The van der Waals surface area contributed by atoms with Crippen LogP contribution in [0.3, 0.4) is 0 Å². The number of nitrogens with zero attached hydrogens (tertiary/aromatic N) is 2. The fourth-order valence-electron chi connectivity index (χ4n) is 2.61. The van der Waals surface area contributed by atoms with Gasteiger partial charge in [-0.3, -0.25) is 4.99 Å². The maximum atomic E-state index is 12.6. The molecule has 1 aliphatic rings. The molecule has 1 saturated heterocycles. The molecule has 132 valence electrons. The molecule has 0 bridgehead atoms. The summed E-state index contributed by atoms with van der Waals surface area (Å²) in [6, 6.07) is 8.48. The molecule has 25 heavy (non-hydrogen) atoms. The lowest BCUT2D eigenvalue weighted by molar-refractivity contribution is 0.450. The number of aromatic hydroxyl groups is 2. The van der Waals surface area contributed by atoms with Crippen molar-refractivity contribution >= 4 is 33.5 Å². The molecule has 0 aliphatic carbocycles. The molecule has 0 unspecified atom stereocenters. The van der Waals surface area contributed by atoms with Gasteiger partial charge in [0.15, 0.2) is 0 Å². The highest BCUT2D eigenvalue weighted by molar-refractivity contribution is 7.89. The second-order valence-corrected chi connectivity index (χ2v) is 8.07. The lowest BCUT2D eigenvalue weighted by Crippen LogP contribution is -2.27. The van der Waals surface area contributed by atoms with Crippen molar-refractivity contribution in [2.45, 2.75) is 17.7 Å².